The van der Waals surface area contributed by atoms with Crippen LogP contribution in [0.25, 0.3) is 16.8 Å². The Hall–Kier alpha value is -3.24. The van der Waals surface area contributed by atoms with Crippen molar-refractivity contribution in [1.29, 1.82) is 0 Å². The van der Waals surface area contributed by atoms with Crippen LogP contribution in [0.4, 0.5) is 42.2 Å². The number of hydrogen-bond donors (Lipinski definition) is 2. The Labute approximate surface area is 165 Å². The molecule has 0 bridgehead atoms. The van der Waals surface area contributed by atoms with Crippen LogP contribution in [0.1, 0.15) is 11.3 Å². The molecule has 0 unspecified atom stereocenters. The fourth-order valence-corrected chi connectivity index (χ4v) is 3.67. The lowest BCUT2D eigenvalue weighted by Crippen LogP contribution is -2.61. The minimum atomic E-state index is -5.75. The Kier molecular flexibility index (Phi) is 4.10. The molecule has 0 fully saturated rings. The lowest BCUT2D eigenvalue weighted by molar-refractivity contribution is -0.294. The molecule has 30 heavy (non-hydrogen) atoms. The molecule has 1 aromatic heterocycles. The molecule has 3 N–H and O–H groups in total. The fourth-order valence-electron chi connectivity index (χ4n) is 3.67. The fraction of sp³-hybridized carbons (Fsp3) is 0.211. The third kappa shape index (κ3) is 2.64. The second kappa shape index (κ2) is 6.13. The first-order valence-corrected chi connectivity index (χ1v) is 8.54. The summed E-state index contributed by atoms with van der Waals surface area (Å²) in [5.41, 5.74) is 0.0514. The van der Waals surface area contributed by atoms with Crippen LogP contribution in [0.3, 0.4) is 0 Å². The van der Waals surface area contributed by atoms with Gasteiger partial charge in [0, 0.05) is 16.8 Å². The number of anilines is 2. The van der Waals surface area contributed by atoms with Crippen LogP contribution in [0, 0.1) is 12.7 Å². The van der Waals surface area contributed by atoms with E-state index in [0.29, 0.717) is 6.07 Å². The summed E-state index contributed by atoms with van der Waals surface area (Å²) < 4.78 is 98.7. The quantitative estimate of drug-likeness (QED) is 0.406. The number of hydrogen-bond acceptors (Lipinski definition) is 3. The van der Waals surface area contributed by atoms with Crippen molar-refractivity contribution in [2.75, 3.05) is 11.1 Å². The molecular weight excluding hydrogens is 417 g/mol. The minimum absolute atomic E-state index is 0.0130. The zero-order valence-electron chi connectivity index (χ0n) is 15.2. The molecular formula is C19H13F7N4. The van der Waals surface area contributed by atoms with Crippen LogP contribution in [0.15, 0.2) is 42.5 Å². The number of alkyl halides is 6. The molecule has 4 rings (SSSR count). The first kappa shape index (κ1) is 20.0. The highest BCUT2D eigenvalue weighted by Gasteiger charge is 2.74. The maximum atomic E-state index is 14.1. The number of rotatable bonds is 1. The highest BCUT2D eigenvalue weighted by Crippen LogP contribution is 2.57. The standard InChI is InChI=1S/C19H13F7N4/c1-9-15(10-2-4-11(20)5-3-10)16-28-17(18(21,22)23,19(24,25)26)13-7-6-12(27)8-14(13)30(16)29-9/h2-8,28H,27H2,1H3. The number of nitrogen functional groups attached to an aromatic ring is 1. The zero-order valence-corrected chi connectivity index (χ0v) is 15.2. The van der Waals surface area contributed by atoms with Crippen molar-refractivity contribution >= 4 is 11.5 Å². The van der Waals surface area contributed by atoms with Gasteiger partial charge in [0.15, 0.2) is 0 Å². The summed E-state index contributed by atoms with van der Waals surface area (Å²) in [7, 11) is 0. The summed E-state index contributed by atoms with van der Waals surface area (Å²) in [5.74, 6) is -1.13. The minimum Gasteiger partial charge on any atom is -0.399 e. The van der Waals surface area contributed by atoms with Gasteiger partial charge in [-0.05, 0) is 36.8 Å². The van der Waals surface area contributed by atoms with Gasteiger partial charge in [0.25, 0.3) is 5.54 Å². The van der Waals surface area contributed by atoms with Gasteiger partial charge in [-0.15, -0.1) is 0 Å². The second-order valence-electron chi connectivity index (χ2n) is 6.87. The van der Waals surface area contributed by atoms with E-state index in [1.807, 2.05) is 0 Å². The normalized spacial score (nSPS) is 15.3. The van der Waals surface area contributed by atoms with E-state index in [4.69, 9.17) is 5.73 Å². The highest BCUT2D eigenvalue weighted by molar-refractivity contribution is 5.82. The van der Waals surface area contributed by atoms with Crippen molar-refractivity contribution in [2.24, 2.45) is 0 Å². The van der Waals surface area contributed by atoms with Gasteiger partial charge in [-0.1, -0.05) is 18.2 Å². The number of halogens is 7. The van der Waals surface area contributed by atoms with Crippen molar-refractivity contribution in [3.05, 3.63) is 59.5 Å². The molecule has 0 spiro atoms. The van der Waals surface area contributed by atoms with Crippen LogP contribution < -0.4 is 11.1 Å². The second-order valence-corrected chi connectivity index (χ2v) is 6.87. The van der Waals surface area contributed by atoms with Gasteiger partial charge in [0.05, 0.1) is 11.4 Å². The summed E-state index contributed by atoms with van der Waals surface area (Å²) in [6, 6.07) is 7.26. The van der Waals surface area contributed by atoms with Crippen LogP contribution in [-0.4, -0.2) is 22.1 Å². The largest absolute Gasteiger partial charge is 0.424 e. The first-order chi connectivity index (χ1) is 13.9. The molecule has 0 atom stereocenters. The number of nitrogens with two attached hydrogens (primary N) is 1. The van der Waals surface area contributed by atoms with Crippen LogP contribution in [-0.2, 0) is 5.54 Å². The first-order valence-electron chi connectivity index (χ1n) is 8.54. The molecule has 1 aliphatic heterocycles. The molecule has 4 nitrogen and oxygen atoms in total. The van der Waals surface area contributed by atoms with Gasteiger partial charge in [0.2, 0.25) is 0 Å². The molecule has 1 aliphatic rings. The third-order valence-corrected chi connectivity index (χ3v) is 5.00. The van der Waals surface area contributed by atoms with Gasteiger partial charge in [-0.25, -0.2) is 9.07 Å². The molecule has 158 valence electrons. The number of nitrogens with zero attached hydrogens (tertiary/aromatic N) is 2. The van der Waals surface area contributed by atoms with Gasteiger partial charge in [-0.2, -0.15) is 31.4 Å². The number of benzene rings is 2. The van der Waals surface area contributed by atoms with Gasteiger partial charge in [-0.3, -0.25) is 0 Å². The van der Waals surface area contributed by atoms with Crippen molar-refractivity contribution in [3.8, 4) is 16.8 Å². The summed E-state index contributed by atoms with van der Waals surface area (Å²) in [5, 5.41) is 5.82. The summed E-state index contributed by atoms with van der Waals surface area (Å²) in [6.07, 6.45) is -11.5. The lowest BCUT2D eigenvalue weighted by atomic mass is 9.84. The molecule has 3 aromatic rings. The Morgan fingerprint density at radius 2 is 1.57 bits per heavy atom. The summed E-state index contributed by atoms with van der Waals surface area (Å²) in [4.78, 5) is 0. The van der Waals surface area contributed by atoms with E-state index in [1.54, 1.807) is 5.32 Å². The highest BCUT2D eigenvalue weighted by atomic mass is 19.4. The molecule has 2 aromatic carbocycles. The van der Waals surface area contributed by atoms with Crippen molar-refractivity contribution in [2.45, 2.75) is 24.8 Å². The number of aromatic nitrogens is 2. The molecule has 0 amide bonds. The van der Waals surface area contributed by atoms with Crippen LogP contribution in [0.2, 0.25) is 0 Å². The van der Waals surface area contributed by atoms with Crippen LogP contribution in [0.5, 0.6) is 0 Å². The van der Waals surface area contributed by atoms with E-state index < -0.39 is 40.8 Å². The number of nitrogens with one attached hydrogen (secondary N) is 1. The number of aryl methyl sites for hydroxylation is 1. The molecule has 0 aliphatic carbocycles. The van der Waals surface area contributed by atoms with Gasteiger partial charge >= 0.3 is 12.4 Å². The lowest BCUT2D eigenvalue weighted by Gasteiger charge is -2.42. The molecule has 11 heteroatoms. The number of fused-ring (bicyclic) bond motifs is 3. The smallest absolute Gasteiger partial charge is 0.399 e. The SMILES string of the molecule is Cc1nn2c(c1-c1ccc(F)cc1)NC(C(F)(F)F)(C(F)(F)F)c1ccc(N)cc1-2. The van der Waals surface area contributed by atoms with Gasteiger partial charge in [0.1, 0.15) is 11.6 Å². The molecule has 2 heterocycles. The topological polar surface area (TPSA) is 55.9 Å². The van der Waals surface area contributed by atoms with E-state index in [1.165, 1.54) is 19.1 Å². The summed E-state index contributed by atoms with van der Waals surface area (Å²) >= 11 is 0. The molecule has 0 saturated carbocycles. The average Bonchev–Trinajstić information content (AvgIpc) is 2.95. The zero-order chi connectivity index (χ0) is 22.1. The Morgan fingerprint density at radius 1 is 0.967 bits per heavy atom. The van der Waals surface area contributed by atoms with E-state index >= 15 is 0 Å². The average molecular weight is 430 g/mol. The molecule has 0 saturated heterocycles. The maximum absolute atomic E-state index is 14.1. The predicted octanol–water partition coefficient (Wildman–Crippen LogP) is 5.31. The van der Waals surface area contributed by atoms with E-state index in [9.17, 15) is 30.7 Å². The van der Waals surface area contributed by atoms with Crippen molar-refractivity contribution in [3.63, 3.8) is 0 Å². The Morgan fingerprint density at radius 3 is 2.13 bits per heavy atom. The van der Waals surface area contributed by atoms with E-state index in [0.717, 1.165) is 28.9 Å². The third-order valence-electron chi connectivity index (χ3n) is 5.00. The maximum Gasteiger partial charge on any atom is 0.424 e. The summed E-state index contributed by atoms with van der Waals surface area (Å²) in [6.45, 7) is 1.43. The monoisotopic (exact) mass is 430 g/mol. The Balaban J connectivity index is 2.10. The molecule has 0 radical (unpaired) electrons. The van der Waals surface area contributed by atoms with E-state index in [2.05, 4.69) is 5.10 Å². The van der Waals surface area contributed by atoms with Gasteiger partial charge < -0.3 is 11.1 Å². The Bertz CT molecular complexity index is 1110. The van der Waals surface area contributed by atoms with Crippen molar-refractivity contribution < 1.29 is 30.7 Å². The van der Waals surface area contributed by atoms with Crippen LogP contribution >= 0.6 is 0 Å². The predicted molar refractivity (Wildman–Crippen MR) is 95.5 cm³/mol. The van der Waals surface area contributed by atoms with E-state index in [-0.39, 0.29) is 22.5 Å². The van der Waals surface area contributed by atoms with Crippen molar-refractivity contribution in [1.82, 2.24) is 9.78 Å².